The van der Waals surface area contributed by atoms with Crippen molar-refractivity contribution in [1.29, 1.82) is 0 Å². The number of hydrogen-bond acceptors (Lipinski definition) is 2. The summed E-state index contributed by atoms with van der Waals surface area (Å²) in [6.07, 6.45) is 4.09. The molecule has 1 fully saturated rings. The lowest BCUT2D eigenvalue weighted by Crippen LogP contribution is -2.36. The largest absolute Gasteiger partial charge is 0.313 e. The van der Waals surface area contributed by atoms with Gasteiger partial charge in [-0.05, 0) is 39.2 Å². The van der Waals surface area contributed by atoms with Crippen molar-refractivity contribution in [2.24, 2.45) is 5.92 Å². The minimum atomic E-state index is 0.719. The molecule has 0 spiro atoms. The molecule has 0 bridgehead atoms. The van der Waals surface area contributed by atoms with Crippen LogP contribution in [0, 0.1) is 5.92 Å². The summed E-state index contributed by atoms with van der Waals surface area (Å²) in [4.78, 5) is 2.47. The van der Waals surface area contributed by atoms with E-state index < -0.39 is 0 Å². The molecule has 0 saturated heterocycles. The first-order valence-corrected chi connectivity index (χ1v) is 6.03. The van der Waals surface area contributed by atoms with Crippen LogP contribution >= 0.6 is 0 Å². The van der Waals surface area contributed by atoms with E-state index in [4.69, 9.17) is 0 Å². The van der Waals surface area contributed by atoms with Gasteiger partial charge in [0.1, 0.15) is 0 Å². The summed E-state index contributed by atoms with van der Waals surface area (Å²) in [7, 11) is 2.24. The molecule has 0 aromatic rings. The predicted octanol–water partition coefficient (Wildman–Crippen LogP) is 2.10. The van der Waals surface area contributed by atoms with Gasteiger partial charge in [0.2, 0.25) is 0 Å². The fourth-order valence-electron chi connectivity index (χ4n) is 1.82. The summed E-state index contributed by atoms with van der Waals surface area (Å²) in [6, 6.07) is 1.57. The molecule has 1 saturated carbocycles. The summed E-state index contributed by atoms with van der Waals surface area (Å²) in [6.45, 7) is 9.27. The van der Waals surface area contributed by atoms with Crippen LogP contribution in [0.4, 0.5) is 0 Å². The Morgan fingerprint density at radius 1 is 1.29 bits per heavy atom. The SMILES string of the molecule is CC(C)CC(C)N(C)CCNC1CC1. The Morgan fingerprint density at radius 3 is 2.43 bits per heavy atom. The lowest BCUT2D eigenvalue weighted by Gasteiger charge is -2.26. The molecule has 2 heteroatoms. The van der Waals surface area contributed by atoms with E-state index in [0.717, 1.165) is 24.5 Å². The van der Waals surface area contributed by atoms with E-state index in [0.29, 0.717) is 0 Å². The van der Waals surface area contributed by atoms with Gasteiger partial charge in [-0.2, -0.15) is 0 Å². The lowest BCUT2D eigenvalue weighted by atomic mass is 10.0. The summed E-state index contributed by atoms with van der Waals surface area (Å²) in [5.41, 5.74) is 0. The van der Waals surface area contributed by atoms with Gasteiger partial charge in [-0.15, -0.1) is 0 Å². The second kappa shape index (κ2) is 5.72. The van der Waals surface area contributed by atoms with Gasteiger partial charge >= 0.3 is 0 Å². The zero-order chi connectivity index (χ0) is 10.6. The molecule has 1 unspecified atom stereocenters. The van der Waals surface area contributed by atoms with Crippen LogP contribution < -0.4 is 5.32 Å². The minimum Gasteiger partial charge on any atom is -0.313 e. The monoisotopic (exact) mass is 198 g/mol. The maximum Gasteiger partial charge on any atom is 0.0107 e. The van der Waals surface area contributed by atoms with E-state index in [2.05, 4.69) is 38.0 Å². The Morgan fingerprint density at radius 2 is 1.93 bits per heavy atom. The Balaban J connectivity index is 2.02. The summed E-state index contributed by atoms with van der Waals surface area (Å²) < 4.78 is 0. The molecule has 0 aliphatic heterocycles. The molecule has 1 atom stereocenters. The normalized spacial score (nSPS) is 19.3. The van der Waals surface area contributed by atoms with Gasteiger partial charge < -0.3 is 10.2 Å². The smallest absolute Gasteiger partial charge is 0.0107 e. The highest BCUT2D eigenvalue weighted by Crippen LogP contribution is 2.18. The number of rotatable bonds is 7. The van der Waals surface area contributed by atoms with Gasteiger partial charge in [0.25, 0.3) is 0 Å². The predicted molar refractivity (Wildman–Crippen MR) is 62.6 cm³/mol. The third-order valence-corrected chi connectivity index (χ3v) is 3.04. The van der Waals surface area contributed by atoms with Crippen molar-refractivity contribution < 1.29 is 0 Å². The van der Waals surface area contributed by atoms with Crippen LogP contribution in [0.3, 0.4) is 0 Å². The van der Waals surface area contributed by atoms with Crippen LogP contribution in [0.5, 0.6) is 0 Å². The average molecular weight is 198 g/mol. The van der Waals surface area contributed by atoms with Crippen molar-refractivity contribution in [1.82, 2.24) is 10.2 Å². The van der Waals surface area contributed by atoms with Crippen LogP contribution in [0.2, 0.25) is 0 Å². The molecule has 84 valence electrons. The van der Waals surface area contributed by atoms with Crippen LogP contribution in [0.1, 0.15) is 40.0 Å². The van der Waals surface area contributed by atoms with Crippen molar-refractivity contribution in [3.8, 4) is 0 Å². The van der Waals surface area contributed by atoms with E-state index in [1.807, 2.05) is 0 Å². The number of likely N-dealkylation sites (N-methyl/N-ethyl adjacent to an activating group) is 1. The van der Waals surface area contributed by atoms with Crippen LogP contribution in [-0.4, -0.2) is 37.1 Å². The molecule has 1 aliphatic rings. The molecule has 0 aromatic heterocycles. The molecule has 1 rings (SSSR count). The van der Waals surface area contributed by atoms with Crippen molar-refractivity contribution in [2.45, 2.75) is 52.1 Å². The number of hydrogen-bond donors (Lipinski definition) is 1. The molecule has 2 nitrogen and oxygen atoms in total. The molecule has 0 radical (unpaired) electrons. The second-order valence-electron chi connectivity index (χ2n) is 5.19. The molecule has 0 heterocycles. The van der Waals surface area contributed by atoms with Crippen LogP contribution in [0.25, 0.3) is 0 Å². The lowest BCUT2D eigenvalue weighted by molar-refractivity contribution is 0.228. The van der Waals surface area contributed by atoms with E-state index in [1.54, 1.807) is 0 Å². The summed E-state index contributed by atoms with van der Waals surface area (Å²) in [5.74, 6) is 0.809. The first-order valence-electron chi connectivity index (χ1n) is 6.03. The van der Waals surface area contributed by atoms with Crippen molar-refractivity contribution in [3.63, 3.8) is 0 Å². The molecular weight excluding hydrogens is 172 g/mol. The highest BCUT2D eigenvalue weighted by molar-refractivity contribution is 4.81. The zero-order valence-electron chi connectivity index (χ0n) is 10.2. The molecular formula is C12H26N2. The maximum absolute atomic E-state index is 3.55. The highest BCUT2D eigenvalue weighted by Gasteiger charge is 2.20. The fourth-order valence-corrected chi connectivity index (χ4v) is 1.82. The third-order valence-electron chi connectivity index (χ3n) is 3.04. The number of nitrogens with zero attached hydrogens (tertiary/aromatic N) is 1. The van der Waals surface area contributed by atoms with Gasteiger partial charge in [0.15, 0.2) is 0 Å². The second-order valence-corrected chi connectivity index (χ2v) is 5.19. The quantitative estimate of drug-likeness (QED) is 0.674. The summed E-state index contributed by atoms with van der Waals surface area (Å²) >= 11 is 0. The third kappa shape index (κ3) is 4.97. The topological polar surface area (TPSA) is 15.3 Å². The van der Waals surface area contributed by atoms with E-state index in [1.165, 1.54) is 25.8 Å². The maximum atomic E-state index is 3.55. The Kier molecular flexibility index (Phi) is 4.90. The van der Waals surface area contributed by atoms with E-state index in [9.17, 15) is 0 Å². The Hall–Kier alpha value is -0.0800. The minimum absolute atomic E-state index is 0.719. The fraction of sp³-hybridized carbons (Fsp3) is 1.00. The van der Waals surface area contributed by atoms with Crippen molar-refractivity contribution >= 4 is 0 Å². The van der Waals surface area contributed by atoms with Crippen LogP contribution in [-0.2, 0) is 0 Å². The number of nitrogens with one attached hydrogen (secondary N) is 1. The van der Waals surface area contributed by atoms with Crippen molar-refractivity contribution in [3.05, 3.63) is 0 Å². The van der Waals surface area contributed by atoms with Gasteiger partial charge in [0, 0.05) is 25.2 Å². The first kappa shape index (κ1) is 12.0. The highest BCUT2D eigenvalue weighted by atomic mass is 15.1. The summed E-state index contributed by atoms with van der Waals surface area (Å²) in [5, 5.41) is 3.55. The molecule has 1 aliphatic carbocycles. The Labute approximate surface area is 89.1 Å². The molecule has 14 heavy (non-hydrogen) atoms. The van der Waals surface area contributed by atoms with E-state index >= 15 is 0 Å². The van der Waals surface area contributed by atoms with Gasteiger partial charge in [0.05, 0.1) is 0 Å². The zero-order valence-corrected chi connectivity index (χ0v) is 10.2. The molecule has 0 amide bonds. The van der Waals surface area contributed by atoms with E-state index in [-0.39, 0.29) is 0 Å². The van der Waals surface area contributed by atoms with Gasteiger partial charge in [-0.1, -0.05) is 13.8 Å². The van der Waals surface area contributed by atoms with Gasteiger partial charge in [-0.3, -0.25) is 0 Å². The molecule has 1 N–H and O–H groups in total. The van der Waals surface area contributed by atoms with Crippen LogP contribution in [0.15, 0.2) is 0 Å². The van der Waals surface area contributed by atoms with Crippen molar-refractivity contribution in [2.75, 3.05) is 20.1 Å². The Bertz CT molecular complexity index is 152. The standard InChI is InChI=1S/C12H26N2/c1-10(2)9-11(3)14(4)8-7-13-12-5-6-12/h10-13H,5-9H2,1-4H3. The first-order chi connectivity index (χ1) is 6.59. The van der Waals surface area contributed by atoms with Gasteiger partial charge in [-0.25, -0.2) is 0 Å². The average Bonchev–Trinajstić information content (AvgIpc) is 2.86. The molecule has 0 aromatic carbocycles.